The molecule has 1 aliphatic rings. The first-order valence-corrected chi connectivity index (χ1v) is 16.7. The van der Waals surface area contributed by atoms with Gasteiger partial charge in [-0.25, -0.2) is 0 Å². The molecule has 4 aromatic carbocycles. The number of fused-ring (bicyclic) bond motifs is 3. The largest absolute Gasteiger partial charge is 0.103 e. The lowest BCUT2D eigenvalue weighted by Crippen LogP contribution is -2.29. The molecular weight excluding hydrogens is 516 g/mol. The van der Waals surface area contributed by atoms with Crippen LogP contribution < -0.4 is 0 Å². The second-order valence-corrected chi connectivity index (χ2v) is 12.7. The molecule has 0 bridgehead atoms. The van der Waals surface area contributed by atoms with Gasteiger partial charge in [0.1, 0.15) is 0 Å². The zero-order valence-electron chi connectivity index (χ0n) is 26.6. The normalized spacial score (nSPS) is 13.0. The Bertz CT molecular complexity index is 1380. The third-order valence-corrected chi connectivity index (χ3v) is 9.47. The van der Waals surface area contributed by atoms with Crippen molar-refractivity contribution in [3.05, 3.63) is 155 Å². The summed E-state index contributed by atoms with van der Waals surface area (Å²) in [5.41, 5.74) is 13.5. The molecule has 0 heteroatoms. The van der Waals surface area contributed by atoms with Gasteiger partial charge in [-0.1, -0.05) is 134 Å². The fraction of sp³-hybridized carbons (Fsp3) is 0.349. The second-order valence-electron chi connectivity index (χ2n) is 12.7. The van der Waals surface area contributed by atoms with E-state index < -0.39 is 0 Å². The van der Waals surface area contributed by atoms with Gasteiger partial charge in [-0.2, -0.15) is 0 Å². The van der Waals surface area contributed by atoms with E-state index in [1.54, 1.807) is 0 Å². The molecule has 43 heavy (non-hydrogen) atoms. The summed E-state index contributed by atoms with van der Waals surface area (Å²) in [5, 5.41) is 0. The predicted octanol–water partition coefficient (Wildman–Crippen LogP) is 12.0. The van der Waals surface area contributed by atoms with Crippen molar-refractivity contribution in [3.8, 4) is 11.1 Å². The van der Waals surface area contributed by atoms with Gasteiger partial charge < -0.3 is 0 Å². The van der Waals surface area contributed by atoms with Crippen LogP contribution >= 0.6 is 0 Å². The Kier molecular flexibility index (Phi) is 10.5. The first-order chi connectivity index (χ1) is 21.1. The fourth-order valence-corrected chi connectivity index (χ4v) is 7.13. The van der Waals surface area contributed by atoms with E-state index >= 15 is 0 Å². The van der Waals surface area contributed by atoms with Gasteiger partial charge in [-0.15, -0.1) is 13.2 Å². The van der Waals surface area contributed by atoms with Gasteiger partial charge in [-0.3, -0.25) is 0 Å². The summed E-state index contributed by atoms with van der Waals surface area (Å²) in [4.78, 5) is 0. The minimum atomic E-state index is -0.324. The van der Waals surface area contributed by atoms with E-state index in [0.717, 1.165) is 25.7 Å². The molecule has 0 amide bonds. The Morgan fingerprint density at radius 2 is 0.884 bits per heavy atom. The van der Waals surface area contributed by atoms with E-state index in [4.69, 9.17) is 0 Å². The maximum atomic E-state index is 3.86. The quantitative estimate of drug-likeness (QED) is 0.0823. The highest BCUT2D eigenvalue weighted by Crippen LogP contribution is 2.56. The van der Waals surface area contributed by atoms with Gasteiger partial charge in [-0.05, 0) is 110 Å². The van der Waals surface area contributed by atoms with Crippen molar-refractivity contribution >= 4 is 0 Å². The molecule has 0 radical (unpaired) electrons. The molecule has 0 saturated heterocycles. The summed E-state index contributed by atoms with van der Waals surface area (Å²) >= 11 is 0. The topological polar surface area (TPSA) is 0 Å². The van der Waals surface area contributed by atoms with Crippen LogP contribution in [0.25, 0.3) is 11.1 Å². The molecule has 0 N–H and O–H groups in total. The third kappa shape index (κ3) is 6.80. The molecule has 4 aromatic rings. The zero-order chi connectivity index (χ0) is 30.1. The molecule has 0 nitrogen and oxygen atoms in total. The van der Waals surface area contributed by atoms with Crippen LogP contribution in [0.5, 0.6) is 0 Å². The maximum absolute atomic E-state index is 3.86. The van der Waals surface area contributed by atoms with Gasteiger partial charge in [0.05, 0.1) is 5.41 Å². The molecule has 1 aliphatic carbocycles. The van der Waals surface area contributed by atoms with Gasteiger partial charge >= 0.3 is 0 Å². The summed E-state index contributed by atoms with van der Waals surface area (Å²) in [6, 6.07) is 33.4. The van der Waals surface area contributed by atoms with Crippen molar-refractivity contribution in [2.45, 2.75) is 96.3 Å². The highest BCUT2D eigenvalue weighted by molar-refractivity contribution is 5.86. The van der Waals surface area contributed by atoms with Gasteiger partial charge in [0.15, 0.2) is 0 Å². The molecular formula is C43H50. The summed E-state index contributed by atoms with van der Waals surface area (Å²) in [6.07, 6.45) is 18.8. The average molecular weight is 567 g/mol. The lowest BCUT2D eigenvalue weighted by Gasteiger charge is -2.34. The molecule has 0 fully saturated rings. The van der Waals surface area contributed by atoms with Gasteiger partial charge in [0.25, 0.3) is 0 Å². The lowest BCUT2D eigenvalue weighted by molar-refractivity contribution is 0.646. The number of hydrogen-bond donors (Lipinski definition) is 0. The fourth-order valence-electron chi connectivity index (χ4n) is 7.13. The summed E-state index contributed by atoms with van der Waals surface area (Å²) in [6.45, 7) is 12.2. The van der Waals surface area contributed by atoms with E-state index in [9.17, 15) is 0 Å². The molecule has 0 aromatic heterocycles. The number of aryl methyl sites for hydroxylation is 4. The van der Waals surface area contributed by atoms with E-state index in [2.05, 4.69) is 112 Å². The highest BCUT2D eigenvalue weighted by atomic mass is 14.5. The molecule has 0 unspecified atom stereocenters. The summed E-state index contributed by atoms with van der Waals surface area (Å²) in [5.74, 6) is 0. The average Bonchev–Trinajstić information content (AvgIpc) is 3.30. The first-order valence-electron chi connectivity index (χ1n) is 16.7. The van der Waals surface area contributed by atoms with Crippen molar-refractivity contribution in [3.63, 3.8) is 0 Å². The van der Waals surface area contributed by atoms with E-state index in [1.165, 1.54) is 107 Å². The smallest absolute Gasteiger partial charge is 0.0713 e. The van der Waals surface area contributed by atoms with Gasteiger partial charge in [0, 0.05) is 0 Å². The van der Waals surface area contributed by atoms with Crippen LogP contribution in [0.3, 0.4) is 0 Å². The van der Waals surface area contributed by atoms with E-state index in [0.29, 0.717) is 0 Å². The summed E-state index contributed by atoms with van der Waals surface area (Å²) < 4.78 is 0. The molecule has 222 valence electrons. The molecule has 0 saturated carbocycles. The Balaban J connectivity index is 1.50. The van der Waals surface area contributed by atoms with Crippen molar-refractivity contribution in [2.24, 2.45) is 0 Å². The van der Waals surface area contributed by atoms with Crippen molar-refractivity contribution < 1.29 is 0 Å². The van der Waals surface area contributed by atoms with Crippen molar-refractivity contribution in [2.75, 3.05) is 0 Å². The Hall–Kier alpha value is -3.64. The second kappa shape index (κ2) is 14.7. The number of unbranched alkanes of at least 4 members (excludes halogenated alkanes) is 8. The zero-order valence-corrected chi connectivity index (χ0v) is 26.6. The van der Waals surface area contributed by atoms with Crippen LogP contribution in [0, 0.1) is 13.8 Å². The number of benzene rings is 4. The molecule has 0 heterocycles. The van der Waals surface area contributed by atoms with Crippen molar-refractivity contribution in [1.82, 2.24) is 0 Å². The number of rotatable bonds is 16. The standard InChI is InChI=1S/C43H50/c1-5-7-9-11-13-15-17-35-21-25-37(26-22-35)43(38-27-23-36(24-28-38)18-16-14-12-10-8-6-2)41-31-33(3)19-29-39(41)40-30-20-34(4)32-42(40)43/h5-6,19-32H,1-2,7-18H2,3-4H3. The minimum Gasteiger partial charge on any atom is -0.103 e. The molecule has 0 aliphatic heterocycles. The van der Waals surface area contributed by atoms with Crippen LogP contribution in [-0.2, 0) is 18.3 Å². The molecule has 0 spiro atoms. The van der Waals surface area contributed by atoms with Crippen LogP contribution in [-0.4, -0.2) is 0 Å². The Labute approximate surface area is 261 Å². The molecule has 5 rings (SSSR count). The monoisotopic (exact) mass is 566 g/mol. The Morgan fingerprint density at radius 3 is 1.28 bits per heavy atom. The first kappa shape index (κ1) is 30.8. The number of allylic oxidation sites excluding steroid dienone is 2. The predicted molar refractivity (Wildman–Crippen MR) is 187 cm³/mol. The van der Waals surface area contributed by atoms with Crippen LogP contribution in [0.15, 0.2) is 110 Å². The maximum Gasteiger partial charge on any atom is 0.0713 e. The van der Waals surface area contributed by atoms with Crippen LogP contribution in [0.1, 0.15) is 109 Å². The SMILES string of the molecule is C=CCCCCCCc1ccc(C2(c3ccc(CCCCCCC=C)cc3)c3cc(C)ccc3-c3ccc(C)cc32)cc1. The van der Waals surface area contributed by atoms with Crippen LogP contribution in [0.2, 0.25) is 0 Å². The summed E-state index contributed by atoms with van der Waals surface area (Å²) in [7, 11) is 0. The van der Waals surface area contributed by atoms with Crippen molar-refractivity contribution in [1.29, 1.82) is 0 Å². The minimum absolute atomic E-state index is 0.324. The van der Waals surface area contributed by atoms with Gasteiger partial charge in [0.2, 0.25) is 0 Å². The highest BCUT2D eigenvalue weighted by Gasteiger charge is 2.46. The lowest BCUT2D eigenvalue weighted by atomic mass is 9.67. The molecule has 0 atom stereocenters. The number of hydrogen-bond acceptors (Lipinski definition) is 0. The Morgan fingerprint density at radius 1 is 0.488 bits per heavy atom. The van der Waals surface area contributed by atoms with E-state index in [1.807, 2.05) is 12.2 Å². The van der Waals surface area contributed by atoms with Crippen LogP contribution in [0.4, 0.5) is 0 Å². The van der Waals surface area contributed by atoms with E-state index in [-0.39, 0.29) is 5.41 Å². The third-order valence-electron chi connectivity index (χ3n) is 9.47.